The molecule has 1 heterocycles. The van der Waals surface area contributed by atoms with E-state index in [2.05, 4.69) is 10.3 Å². The van der Waals surface area contributed by atoms with E-state index in [1.807, 2.05) is 36.4 Å². The molecule has 0 atom stereocenters. The van der Waals surface area contributed by atoms with Gasteiger partial charge < -0.3 is 16.5 Å². The molecule has 4 N–H and O–H groups in total. The van der Waals surface area contributed by atoms with Gasteiger partial charge in [-0.25, -0.2) is 4.98 Å². The maximum absolute atomic E-state index is 7.13. The van der Waals surface area contributed by atoms with Crippen LogP contribution >= 0.6 is 0 Å². The van der Waals surface area contributed by atoms with Gasteiger partial charge in [0.25, 0.3) is 0 Å². The Balaban J connectivity index is 2.05. The van der Waals surface area contributed by atoms with Crippen molar-refractivity contribution in [1.29, 1.82) is 5.41 Å². The molecule has 1 aromatic heterocycles. The highest BCUT2D eigenvalue weighted by Gasteiger charge is 1.99. The minimum Gasteiger partial charge on any atom is -0.383 e. The van der Waals surface area contributed by atoms with Crippen molar-refractivity contribution in [1.82, 2.24) is 4.98 Å². The fourth-order valence-corrected chi connectivity index (χ4v) is 1.49. The third kappa shape index (κ3) is 2.81. The topological polar surface area (TPSA) is 74.8 Å². The van der Waals surface area contributed by atoms with Gasteiger partial charge in [0.2, 0.25) is 0 Å². The van der Waals surface area contributed by atoms with E-state index in [1.54, 1.807) is 6.07 Å². The summed E-state index contributed by atoms with van der Waals surface area (Å²) in [5.41, 5.74) is 7.52. The Morgan fingerprint density at radius 3 is 2.59 bits per heavy atom. The summed E-state index contributed by atoms with van der Waals surface area (Å²) >= 11 is 0. The van der Waals surface area contributed by atoms with E-state index >= 15 is 0 Å². The summed E-state index contributed by atoms with van der Waals surface area (Å²) < 4.78 is 0. The molecular weight excluding hydrogens is 212 g/mol. The van der Waals surface area contributed by atoms with Gasteiger partial charge in [-0.3, -0.25) is 0 Å². The molecular formula is C13H14N4. The summed E-state index contributed by atoms with van der Waals surface area (Å²) in [6, 6.07) is 13.7. The maximum Gasteiger partial charge on any atom is 0.134 e. The highest BCUT2D eigenvalue weighted by atomic mass is 15.0. The molecule has 2 rings (SSSR count). The van der Waals surface area contributed by atoms with Gasteiger partial charge in [0.05, 0.1) is 0 Å². The lowest BCUT2D eigenvalue weighted by Crippen LogP contribution is -2.04. The van der Waals surface area contributed by atoms with Crippen LogP contribution in [0.25, 0.3) is 0 Å². The SMILES string of the molecule is N=Cc1ccc(NCc2ccccc2)nc1N. The van der Waals surface area contributed by atoms with Crippen LogP contribution in [0.4, 0.5) is 11.6 Å². The first kappa shape index (κ1) is 11.1. The fourth-order valence-electron chi connectivity index (χ4n) is 1.49. The number of benzene rings is 1. The monoisotopic (exact) mass is 226 g/mol. The van der Waals surface area contributed by atoms with Crippen LogP contribution in [0.2, 0.25) is 0 Å². The van der Waals surface area contributed by atoms with E-state index in [1.165, 1.54) is 11.8 Å². The van der Waals surface area contributed by atoms with Crippen molar-refractivity contribution in [2.24, 2.45) is 0 Å². The van der Waals surface area contributed by atoms with Crippen molar-refractivity contribution in [2.75, 3.05) is 11.1 Å². The number of anilines is 2. The van der Waals surface area contributed by atoms with E-state index in [0.717, 1.165) is 5.82 Å². The Bertz CT molecular complexity index is 508. The molecule has 0 unspecified atom stereocenters. The van der Waals surface area contributed by atoms with E-state index in [-0.39, 0.29) is 0 Å². The third-order valence-electron chi connectivity index (χ3n) is 2.43. The number of pyridine rings is 1. The molecule has 0 saturated carbocycles. The second kappa shape index (κ2) is 5.12. The standard InChI is InChI=1S/C13H14N4/c14-8-11-6-7-12(17-13(11)15)16-9-10-4-2-1-3-5-10/h1-8,14H,9H2,(H3,15,16,17). The Kier molecular flexibility index (Phi) is 3.35. The first-order valence-corrected chi connectivity index (χ1v) is 5.34. The predicted octanol–water partition coefficient (Wildman–Crippen LogP) is 2.27. The quantitative estimate of drug-likeness (QED) is 0.700. The molecule has 0 radical (unpaired) electrons. The minimum atomic E-state index is 0.373. The molecule has 0 amide bonds. The van der Waals surface area contributed by atoms with Crippen LogP contribution in [0, 0.1) is 5.41 Å². The minimum absolute atomic E-state index is 0.373. The summed E-state index contributed by atoms with van der Waals surface area (Å²) in [5.74, 6) is 1.09. The van der Waals surface area contributed by atoms with Crippen LogP contribution in [-0.2, 0) is 6.54 Å². The Hall–Kier alpha value is -2.36. The molecule has 2 aromatic rings. The zero-order valence-corrected chi connectivity index (χ0v) is 9.35. The van der Waals surface area contributed by atoms with Crippen LogP contribution in [-0.4, -0.2) is 11.2 Å². The van der Waals surface area contributed by atoms with Gasteiger partial charge in [0.15, 0.2) is 0 Å². The molecule has 0 fully saturated rings. The zero-order chi connectivity index (χ0) is 12.1. The van der Waals surface area contributed by atoms with Gasteiger partial charge in [0.1, 0.15) is 11.6 Å². The van der Waals surface area contributed by atoms with Crippen LogP contribution < -0.4 is 11.1 Å². The largest absolute Gasteiger partial charge is 0.383 e. The van der Waals surface area contributed by atoms with Crippen LogP contribution in [0.15, 0.2) is 42.5 Å². The van der Waals surface area contributed by atoms with Crippen LogP contribution in [0.5, 0.6) is 0 Å². The zero-order valence-electron chi connectivity index (χ0n) is 9.35. The van der Waals surface area contributed by atoms with Crippen molar-refractivity contribution in [3.8, 4) is 0 Å². The molecule has 4 heteroatoms. The molecule has 0 aliphatic carbocycles. The van der Waals surface area contributed by atoms with Gasteiger partial charge in [-0.1, -0.05) is 30.3 Å². The van der Waals surface area contributed by atoms with E-state index in [9.17, 15) is 0 Å². The van der Waals surface area contributed by atoms with Crippen molar-refractivity contribution in [3.05, 3.63) is 53.6 Å². The average molecular weight is 226 g/mol. The van der Waals surface area contributed by atoms with E-state index in [0.29, 0.717) is 17.9 Å². The predicted molar refractivity (Wildman–Crippen MR) is 70.3 cm³/mol. The Labute approximate surface area is 100 Å². The second-order valence-corrected chi connectivity index (χ2v) is 3.65. The first-order chi connectivity index (χ1) is 8.29. The lowest BCUT2D eigenvalue weighted by Gasteiger charge is -2.07. The molecule has 4 nitrogen and oxygen atoms in total. The lowest BCUT2D eigenvalue weighted by molar-refractivity contribution is 1.11. The van der Waals surface area contributed by atoms with Crippen molar-refractivity contribution >= 4 is 17.9 Å². The van der Waals surface area contributed by atoms with E-state index < -0.39 is 0 Å². The van der Waals surface area contributed by atoms with Gasteiger partial charge in [-0.05, 0) is 17.7 Å². The van der Waals surface area contributed by atoms with Crippen molar-refractivity contribution < 1.29 is 0 Å². The van der Waals surface area contributed by atoms with Crippen LogP contribution in [0.3, 0.4) is 0 Å². The van der Waals surface area contributed by atoms with E-state index in [4.69, 9.17) is 11.1 Å². The Morgan fingerprint density at radius 1 is 1.18 bits per heavy atom. The molecule has 0 spiro atoms. The Morgan fingerprint density at radius 2 is 1.94 bits per heavy atom. The molecule has 0 aliphatic heterocycles. The first-order valence-electron chi connectivity index (χ1n) is 5.34. The summed E-state index contributed by atoms with van der Waals surface area (Å²) in [4.78, 5) is 4.17. The number of nitrogen functional groups attached to an aromatic ring is 1. The summed E-state index contributed by atoms with van der Waals surface area (Å²) in [6.45, 7) is 0.706. The van der Waals surface area contributed by atoms with Crippen LogP contribution in [0.1, 0.15) is 11.1 Å². The normalized spacial score (nSPS) is 9.88. The second-order valence-electron chi connectivity index (χ2n) is 3.65. The molecule has 0 saturated heterocycles. The van der Waals surface area contributed by atoms with Crippen molar-refractivity contribution in [3.63, 3.8) is 0 Å². The average Bonchev–Trinajstić information content (AvgIpc) is 2.38. The summed E-state index contributed by atoms with van der Waals surface area (Å²) in [5, 5.41) is 10.3. The number of nitrogens with zero attached hydrogens (tertiary/aromatic N) is 1. The number of nitrogens with one attached hydrogen (secondary N) is 2. The van der Waals surface area contributed by atoms with Gasteiger partial charge in [-0.15, -0.1) is 0 Å². The van der Waals surface area contributed by atoms with Gasteiger partial charge in [0, 0.05) is 18.3 Å². The number of aromatic nitrogens is 1. The highest BCUT2D eigenvalue weighted by molar-refractivity contribution is 5.83. The van der Waals surface area contributed by atoms with Gasteiger partial charge >= 0.3 is 0 Å². The highest BCUT2D eigenvalue weighted by Crippen LogP contribution is 2.12. The molecule has 0 bridgehead atoms. The summed E-state index contributed by atoms with van der Waals surface area (Å²) in [7, 11) is 0. The van der Waals surface area contributed by atoms with Gasteiger partial charge in [-0.2, -0.15) is 0 Å². The molecule has 0 aliphatic rings. The molecule has 86 valence electrons. The smallest absolute Gasteiger partial charge is 0.134 e. The number of nitrogens with two attached hydrogens (primary N) is 1. The number of hydrogen-bond acceptors (Lipinski definition) is 4. The third-order valence-corrected chi connectivity index (χ3v) is 2.43. The van der Waals surface area contributed by atoms with Crippen molar-refractivity contribution in [2.45, 2.75) is 6.54 Å². The molecule has 17 heavy (non-hydrogen) atoms. The maximum atomic E-state index is 7.13. The number of hydrogen-bond donors (Lipinski definition) is 3. The lowest BCUT2D eigenvalue weighted by atomic mass is 10.2. The summed E-state index contributed by atoms with van der Waals surface area (Å²) in [6.07, 6.45) is 1.20. The number of rotatable bonds is 4. The fraction of sp³-hybridized carbons (Fsp3) is 0.0769. The molecule has 1 aromatic carbocycles.